The molecule has 1 aromatic carbocycles. The summed E-state index contributed by atoms with van der Waals surface area (Å²) in [5.41, 5.74) is 3.31. The number of hydrogen-bond donors (Lipinski definition) is 1. The number of benzene rings is 1. The summed E-state index contributed by atoms with van der Waals surface area (Å²) in [7, 11) is 0. The Labute approximate surface area is 204 Å². The average Bonchev–Trinajstić information content (AvgIpc) is 3.67. The molecule has 2 aromatic heterocycles. The Balaban J connectivity index is 0.00000144. The normalized spacial score (nSPS) is 14.2. The Kier molecular flexibility index (Phi) is 8.08. The molecular weight excluding hydrogens is 454 g/mol. The van der Waals surface area contributed by atoms with Gasteiger partial charge in [0.05, 0.1) is 6.54 Å². The van der Waals surface area contributed by atoms with Crippen LogP contribution in [0.15, 0.2) is 47.4 Å². The molecule has 0 saturated heterocycles. The van der Waals surface area contributed by atoms with E-state index < -0.39 is 0 Å². The van der Waals surface area contributed by atoms with Gasteiger partial charge in [-0.1, -0.05) is 12.1 Å². The van der Waals surface area contributed by atoms with Crippen molar-refractivity contribution in [2.45, 2.75) is 37.1 Å². The van der Waals surface area contributed by atoms with Crippen molar-refractivity contribution in [3.63, 3.8) is 0 Å². The first-order valence-electron chi connectivity index (χ1n) is 10.8. The molecule has 1 amide bonds. The van der Waals surface area contributed by atoms with Gasteiger partial charge in [0.15, 0.2) is 0 Å². The molecule has 2 aliphatic rings. The standard InChI is InChI=1S/C24H25N5O2S.2H2O.H2/c1-15-26-20(17-5-6-17)13-22(27-15)29-11-12-31-24-21(29)10-9-19(28-24)23(30)25-14-16-3-7-18(32-2)8-4-16;;;/h3-4,7-10,13,17H,5-6,11-12,14H2,1-2H3,(H,25,30);2*1H2;1H. The first-order chi connectivity index (χ1) is 15.6. The molecule has 9 nitrogen and oxygen atoms in total. The number of carbonyl (C=O) groups is 1. The predicted molar refractivity (Wildman–Crippen MR) is 134 cm³/mol. The summed E-state index contributed by atoms with van der Waals surface area (Å²) in [5, 5.41) is 2.94. The minimum atomic E-state index is -0.226. The molecule has 5 rings (SSSR count). The van der Waals surface area contributed by atoms with Crippen molar-refractivity contribution < 1.29 is 21.9 Å². The lowest BCUT2D eigenvalue weighted by Crippen LogP contribution is -2.31. The monoisotopic (exact) mass is 485 g/mol. The van der Waals surface area contributed by atoms with Gasteiger partial charge in [0.1, 0.15) is 29.6 Å². The van der Waals surface area contributed by atoms with Crippen LogP contribution in [0, 0.1) is 6.92 Å². The number of pyridine rings is 1. The Morgan fingerprint density at radius 1 is 1.15 bits per heavy atom. The summed E-state index contributed by atoms with van der Waals surface area (Å²) < 4.78 is 5.80. The van der Waals surface area contributed by atoms with Crippen LogP contribution in [-0.4, -0.2) is 51.2 Å². The molecule has 1 aliphatic heterocycles. The van der Waals surface area contributed by atoms with Gasteiger partial charge in [0.25, 0.3) is 5.91 Å². The molecule has 5 N–H and O–H groups in total. The van der Waals surface area contributed by atoms with Crippen LogP contribution in [0.5, 0.6) is 5.88 Å². The molecule has 10 heteroatoms. The van der Waals surface area contributed by atoms with Crippen LogP contribution in [0.3, 0.4) is 0 Å². The van der Waals surface area contributed by atoms with Gasteiger partial charge < -0.3 is 25.9 Å². The maximum absolute atomic E-state index is 12.7. The first kappa shape index (κ1) is 25.4. The van der Waals surface area contributed by atoms with Gasteiger partial charge in [-0.2, -0.15) is 0 Å². The van der Waals surface area contributed by atoms with E-state index in [0.717, 1.165) is 28.6 Å². The smallest absolute Gasteiger partial charge is 0.270 e. The summed E-state index contributed by atoms with van der Waals surface area (Å²) in [6, 6.07) is 13.8. The van der Waals surface area contributed by atoms with Crippen LogP contribution < -0.4 is 15.0 Å². The minimum Gasteiger partial charge on any atom is -0.474 e. The van der Waals surface area contributed by atoms with Gasteiger partial charge >= 0.3 is 0 Å². The van der Waals surface area contributed by atoms with Crippen molar-refractivity contribution in [3.05, 3.63) is 65.2 Å². The third-order valence-electron chi connectivity index (χ3n) is 5.65. The Bertz CT molecular complexity index is 1160. The molecule has 3 aromatic rings. The van der Waals surface area contributed by atoms with Crippen molar-refractivity contribution in [2.75, 3.05) is 24.3 Å². The second kappa shape index (κ2) is 10.8. The highest BCUT2D eigenvalue weighted by Gasteiger charge is 2.28. The maximum Gasteiger partial charge on any atom is 0.270 e. The van der Waals surface area contributed by atoms with Crippen molar-refractivity contribution >= 4 is 29.2 Å². The van der Waals surface area contributed by atoms with Crippen molar-refractivity contribution in [1.29, 1.82) is 0 Å². The number of amides is 1. The van der Waals surface area contributed by atoms with E-state index in [2.05, 4.69) is 43.4 Å². The van der Waals surface area contributed by atoms with Gasteiger partial charge in [-0.3, -0.25) is 4.79 Å². The molecule has 182 valence electrons. The first-order valence-corrected chi connectivity index (χ1v) is 12.0. The molecular formula is C24H31N5O4S. The van der Waals surface area contributed by atoms with Gasteiger partial charge in [-0.05, 0) is 55.9 Å². The van der Waals surface area contributed by atoms with Crippen LogP contribution in [0.1, 0.15) is 47.8 Å². The quantitative estimate of drug-likeness (QED) is 0.529. The molecule has 1 saturated carbocycles. The summed E-state index contributed by atoms with van der Waals surface area (Å²) in [6.07, 6.45) is 4.42. The molecule has 1 aliphatic carbocycles. The average molecular weight is 486 g/mol. The molecule has 0 bridgehead atoms. The zero-order chi connectivity index (χ0) is 22.1. The van der Waals surface area contributed by atoms with Gasteiger partial charge in [0, 0.05) is 30.5 Å². The second-order valence-corrected chi connectivity index (χ2v) is 8.90. The number of nitrogens with one attached hydrogen (secondary N) is 1. The number of aryl methyl sites for hydroxylation is 1. The fourth-order valence-electron chi connectivity index (χ4n) is 3.78. The molecule has 0 spiro atoms. The lowest BCUT2D eigenvalue weighted by molar-refractivity contribution is 0.0944. The number of hydrogen-bond acceptors (Lipinski definition) is 7. The van der Waals surface area contributed by atoms with E-state index in [-0.39, 0.29) is 18.3 Å². The SMILES string of the molecule is CSc1ccc(CNC(=O)c2ccc3c(n2)OCCN3c2cc(C3CC3)nc(C)n2)cc1.O.O.[HH]. The van der Waals surface area contributed by atoms with Crippen LogP contribution >= 0.6 is 11.8 Å². The number of carbonyl (C=O) groups excluding carboxylic acids is 1. The molecule has 1 fully saturated rings. The third-order valence-corrected chi connectivity index (χ3v) is 6.39. The molecule has 0 unspecified atom stereocenters. The number of rotatable bonds is 6. The van der Waals surface area contributed by atoms with Crippen LogP contribution in [0.25, 0.3) is 0 Å². The zero-order valence-electron chi connectivity index (χ0n) is 19.2. The van der Waals surface area contributed by atoms with E-state index >= 15 is 0 Å². The highest BCUT2D eigenvalue weighted by Crippen LogP contribution is 2.41. The van der Waals surface area contributed by atoms with E-state index in [9.17, 15) is 4.79 Å². The van der Waals surface area contributed by atoms with Crippen molar-refractivity contribution in [1.82, 2.24) is 20.3 Å². The highest BCUT2D eigenvalue weighted by atomic mass is 32.2. The van der Waals surface area contributed by atoms with Gasteiger partial charge in [-0.15, -0.1) is 11.8 Å². The number of ether oxygens (including phenoxy) is 1. The summed E-state index contributed by atoms with van der Waals surface area (Å²) in [5.74, 6) is 2.41. The van der Waals surface area contributed by atoms with E-state index in [1.165, 1.54) is 17.7 Å². The van der Waals surface area contributed by atoms with Crippen molar-refractivity contribution in [2.24, 2.45) is 0 Å². The number of nitrogens with zero attached hydrogens (tertiary/aromatic N) is 4. The van der Waals surface area contributed by atoms with Crippen LogP contribution in [0.2, 0.25) is 0 Å². The molecule has 34 heavy (non-hydrogen) atoms. The summed E-state index contributed by atoms with van der Waals surface area (Å²) in [6.45, 7) is 3.53. The lowest BCUT2D eigenvalue weighted by atomic mass is 10.2. The van der Waals surface area contributed by atoms with Crippen LogP contribution in [-0.2, 0) is 6.54 Å². The molecule has 3 heterocycles. The van der Waals surface area contributed by atoms with E-state index in [1.54, 1.807) is 17.8 Å². The fraction of sp³-hybridized carbons (Fsp3) is 0.333. The van der Waals surface area contributed by atoms with Gasteiger partial charge in [-0.25, -0.2) is 15.0 Å². The Hall–Kier alpha value is -3.21. The molecule has 0 atom stereocenters. The largest absolute Gasteiger partial charge is 0.474 e. The number of thioether (sulfide) groups is 1. The minimum absolute atomic E-state index is 0. The summed E-state index contributed by atoms with van der Waals surface area (Å²) in [4.78, 5) is 29.7. The lowest BCUT2D eigenvalue weighted by Gasteiger charge is -2.30. The Morgan fingerprint density at radius 3 is 2.62 bits per heavy atom. The summed E-state index contributed by atoms with van der Waals surface area (Å²) >= 11 is 1.69. The highest BCUT2D eigenvalue weighted by molar-refractivity contribution is 7.98. The number of fused-ring (bicyclic) bond motifs is 1. The fourth-order valence-corrected chi connectivity index (χ4v) is 4.19. The van der Waals surface area contributed by atoms with E-state index in [4.69, 9.17) is 4.74 Å². The van der Waals surface area contributed by atoms with E-state index in [0.29, 0.717) is 37.2 Å². The second-order valence-electron chi connectivity index (χ2n) is 8.02. The zero-order valence-corrected chi connectivity index (χ0v) is 20.0. The van der Waals surface area contributed by atoms with Crippen LogP contribution in [0.4, 0.5) is 11.5 Å². The predicted octanol–water partition coefficient (Wildman–Crippen LogP) is 2.84. The number of anilines is 2. The molecule has 0 radical (unpaired) electrons. The topological polar surface area (TPSA) is 143 Å². The Morgan fingerprint density at radius 2 is 1.91 bits per heavy atom. The number of aromatic nitrogens is 3. The van der Waals surface area contributed by atoms with Crippen molar-refractivity contribution in [3.8, 4) is 5.88 Å². The van der Waals surface area contributed by atoms with E-state index in [1.807, 2.05) is 31.4 Å². The third kappa shape index (κ3) is 5.46. The van der Waals surface area contributed by atoms with Gasteiger partial charge in [0.2, 0.25) is 5.88 Å². The maximum atomic E-state index is 12.7.